The highest BCUT2D eigenvalue weighted by molar-refractivity contribution is 5.38. The molecule has 0 spiro atoms. The van der Waals surface area contributed by atoms with Crippen molar-refractivity contribution >= 4 is 5.82 Å². The third kappa shape index (κ3) is 1.78. The van der Waals surface area contributed by atoms with E-state index in [-0.39, 0.29) is 5.56 Å². The van der Waals surface area contributed by atoms with E-state index in [0.717, 1.165) is 18.9 Å². The Labute approximate surface area is 83.0 Å². The van der Waals surface area contributed by atoms with Gasteiger partial charge in [-0.15, -0.1) is 0 Å². The van der Waals surface area contributed by atoms with E-state index in [9.17, 15) is 4.79 Å². The molecule has 1 aliphatic rings. The van der Waals surface area contributed by atoms with Crippen molar-refractivity contribution in [3.63, 3.8) is 0 Å². The number of anilines is 1. The molecule has 0 aliphatic carbocycles. The molecule has 4 nitrogen and oxygen atoms in total. The smallest absolute Gasteiger partial charge is 0.252 e. The van der Waals surface area contributed by atoms with Crippen molar-refractivity contribution in [2.75, 3.05) is 18.0 Å². The molecule has 14 heavy (non-hydrogen) atoms. The lowest BCUT2D eigenvalue weighted by atomic mass is 10.2. The topological polar surface area (TPSA) is 49.0 Å². The molecule has 0 amide bonds. The van der Waals surface area contributed by atoms with Crippen LogP contribution in [0.2, 0.25) is 0 Å². The van der Waals surface area contributed by atoms with E-state index < -0.39 is 0 Å². The van der Waals surface area contributed by atoms with Crippen LogP contribution in [-0.4, -0.2) is 23.1 Å². The molecule has 76 valence electrons. The van der Waals surface area contributed by atoms with Gasteiger partial charge in [-0.2, -0.15) is 0 Å². The molecule has 0 aromatic carbocycles. The Kier molecular flexibility index (Phi) is 2.27. The van der Waals surface area contributed by atoms with Crippen LogP contribution in [0.3, 0.4) is 0 Å². The zero-order valence-corrected chi connectivity index (χ0v) is 8.58. The number of H-pyrrole nitrogens is 1. The van der Waals surface area contributed by atoms with Crippen molar-refractivity contribution in [3.05, 3.63) is 22.2 Å². The van der Waals surface area contributed by atoms with Crippen molar-refractivity contribution < 1.29 is 0 Å². The Bertz CT molecular complexity index is 385. The van der Waals surface area contributed by atoms with Crippen LogP contribution < -0.4 is 10.5 Å². The minimum Gasteiger partial charge on any atom is -0.356 e. The van der Waals surface area contributed by atoms with Crippen LogP contribution in [0.1, 0.15) is 19.2 Å². The second-order valence-corrected chi connectivity index (χ2v) is 4.03. The third-order valence-electron chi connectivity index (χ3n) is 2.59. The molecule has 4 heteroatoms. The molecule has 1 aromatic heterocycles. The molecular weight excluding hydrogens is 178 g/mol. The van der Waals surface area contributed by atoms with Gasteiger partial charge in [0, 0.05) is 19.2 Å². The fraction of sp³-hybridized carbons (Fsp3) is 0.600. The quantitative estimate of drug-likeness (QED) is 0.721. The van der Waals surface area contributed by atoms with E-state index in [4.69, 9.17) is 0 Å². The average Bonchev–Trinajstić information content (AvgIpc) is 2.50. The number of nitrogens with zero attached hydrogens (tertiary/aromatic N) is 2. The molecule has 2 heterocycles. The molecular formula is C10H15N3O. The Balaban J connectivity index is 2.28. The van der Waals surface area contributed by atoms with E-state index in [1.54, 1.807) is 6.07 Å². The average molecular weight is 193 g/mol. The van der Waals surface area contributed by atoms with Gasteiger partial charge in [-0.25, -0.2) is 4.98 Å². The molecule has 0 radical (unpaired) electrons. The number of hydrogen-bond acceptors (Lipinski definition) is 3. The summed E-state index contributed by atoms with van der Waals surface area (Å²) in [5.41, 5.74) is -0.0629. The van der Waals surface area contributed by atoms with Gasteiger partial charge in [0.25, 0.3) is 5.56 Å². The molecule has 1 atom stereocenters. The first-order valence-electron chi connectivity index (χ1n) is 4.98. The van der Waals surface area contributed by atoms with Crippen molar-refractivity contribution in [3.8, 4) is 0 Å². The molecule has 1 aliphatic heterocycles. The number of aromatic amines is 1. The van der Waals surface area contributed by atoms with Gasteiger partial charge in [0.15, 0.2) is 0 Å². The summed E-state index contributed by atoms with van der Waals surface area (Å²) in [7, 11) is 0. The van der Waals surface area contributed by atoms with Crippen LogP contribution in [0.4, 0.5) is 5.82 Å². The molecule has 1 unspecified atom stereocenters. The first kappa shape index (κ1) is 9.24. The predicted molar refractivity (Wildman–Crippen MR) is 55.6 cm³/mol. The number of nitrogens with one attached hydrogen (secondary N) is 1. The lowest BCUT2D eigenvalue weighted by Crippen LogP contribution is -2.23. The standard InChI is InChI=1S/C10H15N3O/c1-7-3-4-13(6-7)9-5-10(14)12-8(2)11-9/h5,7H,3-4,6H2,1-2H3,(H,11,12,14). The first-order chi connectivity index (χ1) is 6.65. The Hall–Kier alpha value is -1.32. The maximum atomic E-state index is 11.2. The Morgan fingerprint density at radius 1 is 1.64 bits per heavy atom. The zero-order chi connectivity index (χ0) is 10.1. The summed E-state index contributed by atoms with van der Waals surface area (Å²) in [4.78, 5) is 20.4. The van der Waals surface area contributed by atoms with Gasteiger partial charge < -0.3 is 9.88 Å². The van der Waals surface area contributed by atoms with E-state index >= 15 is 0 Å². The van der Waals surface area contributed by atoms with Gasteiger partial charge in [-0.05, 0) is 19.3 Å². The van der Waals surface area contributed by atoms with Crippen molar-refractivity contribution in [2.24, 2.45) is 5.92 Å². The van der Waals surface area contributed by atoms with E-state index in [1.807, 2.05) is 6.92 Å². The van der Waals surface area contributed by atoms with Crippen LogP contribution in [0.25, 0.3) is 0 Å². The van der Waals surface area contributed by atoms with Crippen LogP contribution in [0.5, 0.6) is 0 Å². The predicted octanol–water partition coefficient (Wildman–Crippen LogP) is 0.925. The maximum absolute atomic E-state index is 11.2. The second kappa shape index (κ2) is 3.44. The molecule has 1 aromatic rings. The molecule has 1 saturated heterocycles. The summed E-state index contributed by atoms with van der Waals surface area (Å²) in [6.07, 6.45) is 1.19. The van der Waals surface area contributed by atoms with E-state index in [0.29, 0.717) is 11.7 Å². The SMILES string of the molecule is Cc1nc(N2CCC(C)C2)cc(=O)[nH]1. The van der Waals surface area contributed by atoms with Crippen LogP contribution in [0.15, 0.2) is 10.9 Å². The third-order valence-corrected chi connectivity index (χ3v) is 2.59. The minimum atomic E-state index is -0.0629. The minimum absolute atomic E-state index is 0.0629. The number of hydrogen-bond donors (Lipinski definition) is 1. The monoisotopic (exact) mass is 193 g/mol. The lowest BCUT2D eigenvalue weighted by molar-refractivity contribution is 0.658. The van der Waals surface area contributed by atoms with Gasteiger partial charge in [0.1, 0.15) is 11.6 Å². The summed E-state index contributed by atoms with van der Waals surface area (Å²) >= 11 is 0. The molecule has 0 bridgehead atoms. The Morgan fingerprint density at radius 3 is 3.00 bits per heavy atom. The van der Waals surface area contributed by atoms with Crippen molar-refractivity contribution in [1.82, 2.24) is 9.97 Å². The van der Waals surface area contributed by atoms with Gasteiger partial charge in [-0.3, -0.25) is 4.79 Å². The number of rotatable bonds is 1. The van der Waals surface area contributed by atoms with Gasteiger partial charge in [-0.1, -0.05) is 6.92 Å². The highest BCUT2D eigenvalue weighted by Crippen LogP contribution is 2.20. The summed E-state index contributed by atoms with van der Waals surface area (Å²) in [5, 5.41) is 0. The summed E-state index contributed by atoms with van der Waals surface area (Å²) in [5.74, 6) is 2.21. The number of aryl methyl sites for hydroxylation is 1. The Morgan fingerprint density at radius 2 is 2.43 bits per heavy atom. The molecule has 2 rings (SSSR count). The fourth-order valence-corrected chi connectivity index (χ4v) is 1.87. The van der Waals surface area contributed by atoms with Crippen LogP contribution in [0, 0.1) is 12.8 Å². The highest BCUT2D eigenvalue weighted by Gasteiger charge is 2.20. The maximum Gasteiger partial charge on any atom is 0.252 e. The van der Waals surface area contributed by atoms with E-state index in [2.05, 4.69) is 21.8 Å². The van der Waals surface area contributed by atoms with Gasteiger partial charge >= 0.3 is 0 Å². The van der Waals surface area contributed by atoms with Crippen LogP contribution in [-0.2, 0) is 0 Å². The first-order valence-corrected chi connectivity index (χ1v) is 4.98. The van der Waals surface area contributed by atoms with Crippen molar-refractivity contribution in [2.45, 2.75) is 20.3 Å². The van der Waals surface area contributed by atoms with Crippen LogP contribution >= 0.6 is 0 Å². The fourth-order valence-electron chi connectivity index (χ4n) is 1.87. The summed E-state index contributed by atoms with van der Waals surface area (Å²) in [6.45, 7) is 6.05. The molecule has 1 fully saturated rings. The summed E-state index contributed by atoms with van der Waals surface area (Å²) < 4.78 is 0. The summed E-state index contributed by atoms with van der Waals surface area (Å²) in [6, 6.07) is 1.57. The largest absolute Gasteiger partial charge is 0.356 e. The van der Waals surface area contributed by atoms with Gasteiger partial charge in [0.2, 0.25) is 0 Å². The van der Waals surface area contributed by atoms with Crippen molar-refractivity contribution in [1.29, 1.82) is 0 Å². The zero-order valence-electron chi connectivity index (χ0n) is 8.58. The second-order valence-electron chi connectivity index (χ2n) is 4.03. The highest BCUT2D eigenvalue weighted by atomic mass is 16.1. The molecule has 0 saturated carbocycles. The lowest BCUT2D eigenvalue weighted by Gasteiger charge is -2.16. The molecule has 1 N–H and O–H groups in total. The van der Waals surface area contributed by atoms with Gasteiger partial charge in [0.05, 0.1) is 0 Å². The van der Waals surface area contributed by atoms with E-state index in [1.165, 1.54) is 6.42 Å². The normalized spacial score (nSPS) is 21.6. The number of aromatic nitrogens is 2.